The molecule has 0 aromatic carbocycles. The van der Waals surface area contributed by atoms with Gasteiger partial charge < -0.3 is 10.6 Å². The van der Waals surface area contributed by atoms with Crippen LogP contribution in [0.2, 0.25) is 0 Å². The molecule has 6 heteroatoms. The fraction of sp³-hybridized carbons (Fsp3) is 0.533. The molecule has 1 aliphatic carbocycles. The van der Waals surface area contributed by atoms with Crippen molar-refractivity contribution >= 4 is 28.5 Å². The molecule has 2 N–H and O–H groups in total. The number of hydrogen-bond donors (Lipinski definition) is 1. The molecule has 2 aromatic rings. The van der Waals surface area contributed by atoms with Crippen LogP contribution in [0, 0.1) is 0 Å². The first-order valence-electron chi connectivity index (χ1n) is 7.45. The number of rotatable bonds is 6. The molecular weight excluding hydrogens is 282 g/mol. The third kappa shape index (κ3) is 3.00. The minimum Gasteiger partial charge on any atom is -0.393 e. The van der Waals surface area contributed by atoms with Gasteiger partial charge in [-0.15, -0.1) is 0 Å². The van der Waals surface area contributed by atoms with Crippen LogP contribution in [-0.4, -0.2) is 32.2 Å². The molecule has 0 aliphatic heterocycles. The zero-order chi connectivity index (χ0) is 15.0. The van der Waals surface area contributed by atoms with Gasteiger partial charge >= 0.3 is 0 Å². The Balaban J connectivity index is 1.98. The van der Waals surface area contributed by atoms with E-state index in [9.17, 15) is 0 Å². The van der Waals surface area contributed by atoms with E-state index < -0.39 is 0 Å². The topological polar surface area (TPSA) is 59.5 Å². The summed E-state index contributed by atoms with van der Waals surface area (Å²) in [5.74, 6) is 1.40. The third-order valence-electron chi connectivity index (χ3n) is 3.84. The molecule has 0 saturated heterocycles. The van der Waals surface area contributed by atoms with Crippen LogP contribution in [0.25, 0.3) is 5.52 Å². The molecule has 2 heterocycles. The third-order valence-corrected chi connectivity index (χ3v) is 4.04. The van der Waals surface area contributed by atoms with Crippen LogP contribution in [0.4, 0.5) is 5.82 Å². The van der Waals surface area contributed by atoms with E-state index in [0.29, 0.717) is 16.9 Å². The summed E-state index contributed by atoms with van der Waals surface area (Å²) >= 11 is 5.02. The monoisotopic (exact) mass is 303 g/mol. The van der Waals surface area contributed by atoms with Crippen LogP contribution in [0.15, 0.2) is 18.5 Å². The average molecular weight is 303 g/mol. The van der Waals surface area contributed by atoms with E-state index in [1.54, 1.807) is 0 Å². The lowest BCUT2D eigenvalue weighted by Crippen LogP contribution is -2.30. The molecular formula is C15H21N5S. The van der Waals surface area contributed by atoms with Crippen LogP contribution in [0.1, 0.15) is 44.7 Å². The molecule has 1 fully saturated rings. The number of thiocarbonyl (C=S) groups is 1. The summed E-state index contributed by atoms with van der Waals surface area (Å²) in [4.78, 5) is 7.49. The number of hydrogen-bond acceptors (Lipinski definition) is 4. The Labute approximate surface area is 130 Å². The Morgan fingerprint density at radius 3 is 2.90 bits per heavy atom. The highest BCUT2D eigenvalue weighted by molar-refractivity contribution is 7.80. The highest BCUT2D eigenvalue weighted by atomic mass is 32.1. The van der Waals surface area contributed by atoms with E-state index in [-0.39, 0.29) is 0 Å². The quantitative estimate of drug-likeness (QED) is 0.831. The van der Waals surface area contributed by atoms with Crippen molar-refractivity contribution in [2.45, 2.75) is 45.1 Å². The first-order chi connectivity index (χ1) is 10.1. The van der Waals surface area contributed by atoms with Crippen LogP contribution < -0.4 is 10.6 Å². The molecule has 0 bridgehead atoms. The fourth-order valence-corrected chi connectivity index (χ4v) is 2.60. The number of fused-ring (bicyclic) bond motifs is 1. The fourth-order valence-electron chi connectivity index (χ4n) is 2.51. The Hall–Kier alpha value is -1.69. The molecule has 3 rings (SSSR count). The lowest BCUT2D eigenvalue weighted by molar-refractivity contribution is 0.771. The van der Waals surface area contributed by atoms with Crippen molar-refractivity contribution in [3.05, 3.63) is 24.2 Å². The SMILES string of the molecule is CC(C)c1cc2c(N(CCC(N)=S)C3CC3)nccn2n1. The van der Waals surface area contributed by atoms with Gasteiger partial charge in [0.15, 0.2) is 5.82 Å². The van der Waals surface area contributed by atoms with Crippen LogP contribution >= 0.6 is 12.2 Å². The lowest BCUT2D eigenvalue weighted by atomic mass is 10.1. The number of nitrogens with two attached hydrogens (primary N) is 1. The average Bonchev–Trinajstić information content (AvgIpc) is 3.16. The molecule has 5 nitrogen and oxygen atoms in total. The largest absolute Gasteiger partial charge is 0.393 e. The highest BCUT2D eigenvalue weighted by Crippen LogP contribution is 2.33. The van der Waals surface area contributed by atoms with E-state index in [1.807, 2.05) is 16.9 Å². The molecule has 112 valence electrons. The van der Waals surface area contributed by atoms with Gasteiger partial charge in [0, 0.05) is 31.4 Å². The van der Waals surface area contributed by atoms with E-state index in [0.717, 1.165) is 30.0 Å². The van der Waals surface area contributed by atoms with Crippen LogP contribution in [-0.2, 0) is 0 Å². The van der Waals surface area contributed by atoms with Crippen molar-refractivity contribution < 1.29 is 0 Å². The van der Waals surface area contributed by atoms with Gasteiger partial charge in [-0.05, 0) is 24.8 Å². The summed E-state index contributed by atoms with van der Waals surface area (Å²) in [5, 5.41) is 4.63. The minimum absolute atomic E-state index is 0.406. The van der Waals surface area contributed by atoms with Gasteiger partial charge in [-0.1, -0.05) is 26.1 Å². The smallest absolute Gasteiger partial charge is 0.154 e. The van der Waals surface area contributed by atoms with Crippen LogP contribution in [0.3, 0.4) is 0 Å². The Kier molecular flexibility index (Phi) is 3.80. The lowest BCUT2D eigenvalue weighted by Gasteiger charge is -2.23. The Bertz CT molecular complexity index is 659. The Morgan fingerprint density at radius 2 is 2.29 bits per heavy atom. The first-order valence-corrected chi connectivity index (χ1v) is 7.86. The molecule has 0 radical (unpaired) electrons. The van der Waals surface area contributed by atoms with Crippen LogP contribution in [0.5, 0.6) is 0 Å². The van der Waals surface area contributed by atoms with Gasteiger partial charge in [0.25, 0.3) is 0 Å². The maximum atomic E-state index is 5.66. The zero-order valence-corrected chi connectivity index (χ0v) is 13.3. The molecule has 0 atom stereocenters. The molecule has 0 amide bonds. The molecule has 21 heavy (non-hydrogen) atoms. The summed E-state index contributed by atoms with van der Waals surface area (Å²) in [6, 6.07) is 2.71. The molecule has 0 spiro atoms. The highest BCUT2D eigenvalue weighted by Gasteiger charge is 2.31. The van der Waals surface area contributed by atoms with Crippen molar-refractivity contribution in [1.82, 2.24) is 14.6 Å². The van der Waals surface area contributed by atoms with Crippen molar-refractivity contribution in [3.63, 3.8) is 0 Å². The summed E-state index contributed by atoms with van der Waals surface area (Å²) in [6.45, 7) is 5.13. The Morgan fingerprint density at radius 1 is 1.52 bits per heavy atom. The number of nitrogens with zero attached hydrogens (tertiary/aromatic N) is 4. The predicted molar refractivity (Wildman–Crippen MR) is 88.8 cm³/mol. The number of anilines is 1. The second-order valence-corrected chi connectivity index (χ2v) is 6.47. The zero-order valence-electron chi connectivity index (χ0n) is 12.5. The number of aromatic nitrogens is 3. The van der Waals surface area contributed by atoms with E-state index >= 15 is 0 Å². The van der Waals surface area contributed by atoms with E-state index in [2.05, 4.69) is 34.9 Å². The summed E-state index contributed by atoms with van der Waals surface area (Å²) in [7, 11) is 0. The standard InChI is InChI=1S/C15H21N5S/c1-10(2)12-9-13-15(17-6-8-20(13)18-12)19(11-3-4-11)7-5-14(16)21/h6,8-11H,3-5,7H2,1-2H3,(H2,16,21). The molecule has 0 unspecified atom stereocenters. The maximum absolute atomic E-state index is 5.66. The van der Waals surface area contributed by atoms with Crippen molar-refractivity contribution in [2.24, 2.45) is 5.73 Å². The summed E-state index contributed by atoms with van der Waals surface area (Å²) < 4.78 is 1.92. The van der Waals surface area contributed by atoms with E-state index in [4.69, 9.17) is 18.0 Å². The van der Waals surface area contributed by atoms with Gasteiger partial charge in [0.05, 0.1) is 10.7 Å². The van der Waals surface area contributed by atoms with Crippen molar-refractivity contribution in [3.8, 4) is 0 Å². The molecule has 1 aliphatic rings. The molecule has 2 aromatic heterocycles. The molecule has 1 saturated carbocycles. The van der Waals surface area contributed by atoms with Gasteiger partial charge in [-0.25, -0.2) is 9.50 Å². The van der Waals surface area contributed by atoms with Gasteiger partial charge in [0.2, 0.25) is 0 Å². The second-order valence-electron chi connectivity index (χ2n) is 5.95. The van der Waals surface area contributed by atoms with Crippen molar-refractivity contribution in [1.29, 1.82) is 0 Å². The van der Waals surface area contributed by atoms with Gasteiger partial charge in [-0.3, -0.25) is 0 Å². The normalized spacial score (nSPS) is 14.8. The first kappa shape index (κ1) is 14.3. The second kappa shape index (κ2) is 5.60. The van der Waals surface area contributed by atoms with Gasteiger partial charge in [-0.2, -0.15) is 5.10 Å². The maximum Gasteiger partial charge on any atom is 0.154 e. The van der Waals surface area contributed by atoms with Gasteiger partial charge in [0.1, 0.15) is 5.52 Å². The van der Waals surface area contributed by atoms with Crippen molar-refractivity contribution in [2.75, 3.05) is 11.4 Å². The summed E-state index contributed by atoms with van der Waals surface area (Å²) in [5.41, 5.74) is 7.82. The minimum atomic E-state index is 0.406. The van der Waals surface area contributed by atoms with E-state index in [1.165, 1.54) is 12.8 Å². The predicted octanol–water partition coefficient (Wildman–Crippen LogP) is 2.50. The summed E-state index contributed by atoms with van der Waals surface area (Å²) in [6.07, 6.45) is 6.87.